The van der Waals surface area contributed by atoms with Gasteiger partial charge in [0.1, 0.15) is 0 Å². The molecule has 1 heterocycles. The smallest absolute Gasteiger partial charge is 0.0877 e. The third-order valence-electron chi connectivity index (χ3n) is 1.77. The second-order valence-electron chi connectivity index (χ2n) is 3.22. The van der Waals surface area contributed by atoms with Gasteiger partial charge >= 0.3 is 0 Å². The third kappa shape index (κ3) is 8.38. The van der Waals surface area contributed by atoms with Crippen molar-refractivity contribution >= 4 is 0 Å². The second-order valence-corrected chi connectivity index (χ2v) is 3.22. The van der Waals surface area contributed by atoms with Crippen molar-refractivity contribution in [3.05, 3.63) is 35.4 Å². The lowest BCUT2D eigenvalue weighted by Gasteiger charge is -2.06. The summed E-state index contributed by atoms with van der Waals surface area (Å²) in [6.07, 6.45) is 0.931. The summed E-state index contributed by atoms with van der Waals surface area (Å²) in [5, 5.41) is 11.1. The third-order valence-corrected chi connectivity index (χ3v) is 1.77. The Labute approximate surface area is 96.6 Å². The molecule has 1 aliphatic heterocycles. The fraction of sp³-hybridized carbons (Fsp3) is 0.500. The summed E-state index contributed by atoms with van der Waals surface area (Å²) in [5.41, 5.74) is 2.66. The van der Waals surface area contributed by atoms with E-state index in [1.807, 2.05) is 0 Å². The van der Waals surface area contributed by atoms with Gasteiger partial charge in [0.2, 0.25) is 0 Å². The average molecular weight is 228 g/mol. The molecule has 0 radical (unpaired) electrons. The second kappa shape index (κ2) is 10.6. The number of hydrogen-bond donors (Lipinski definition) is 1. The number of hydrogen-bond acceptors (Lipinski definition) is 4. The predicted octanol–water partition coefficient (Wildman–Crippen LogP) is 2.18. The minimum absolute atomic E-state index is 0.653. The first kappa shape index (κ1) is 15.1. The Morgan fingerprint density at radius 2 is 1.25 bits per heavy atom. The number of aliphatic hydroxyl groups excluding tert-OH is 1. The van der Waals surface area contributed by atoms with Gasteiger partial charge in [0.05, 0.1) is 13.2 Å². The molecule has 1 aromatic carbocycles. The molecule has 1 N–H and O–H groups in total. The SMILES string of the molecule is C1COOOC1.CO.Cc1ccc(C)cc1. The molecule has 0 aromatic heterocycles. The normalized spacial score (nSPS) is 14.0. The van der Waals surface area contributed by atoms with E-state index in [0.29, 0.717) is 13.2 Å². The summed E-state index contributed by atoms with van der Waals surface area (Å²) >= 11 is 0. The van der Waals surface area contributed by atoms with Gasteiger partial charge in [0.15, 0.2) is 0 Å². The molecule has 1 aromatic rings. The monoisotopic (exact) mass is 228 g/mol. The van der Waals surface area contributed by atoms with Gasteiger partial charge < -0.3 is 5.11 Å². The fourth-order valence-electron chi connectivity index (χ4n) is 0.916. The Hall–Kier alpha value is -0.940. The van der Waals surface area contributed by atoms with Crippen LogP contribution in [0.1, 0.15) is 17.5 Å². The minimum atomic E-state index is 0.653. The van der Waals surface area contributed by atoms with Crippen molar-refractivity contribution in [1.29, 1.82) is 0 Å². The molecule has 4 heteroatoms. The van der Waals surface area contributed by atoms with E-state index in [1.54, 1.807) is 0 Å². The van der Waals surface area contributed by atoms with E-state index in [0.717, 1.165) is 13.5 Å². The van der Waals surface area contributed by atoms with Crippen LogP contribution in [0.4, 0.5) is 0 Å². The highest BCUT2D eigenvalue weighted by atomic mass is 17.5. The molecule has 0 bridgehead atoms. The molecule has 1 fully saturated rings. The zero-order valence-electron chi connectivity index (χ0n) is 10.1. The van der Waals surface area contributed by atoms with Gasteiger partial charge in [-0.05, 0) is 13.8 Å². The Kier molecular flexibility index (Phi) is 9.95. The summed E-state index contributed by atoms with van der Waals surface area (Å²) in [7, 11) is 1.00. The fourth-order valence-corrected chi connectivity index (χ4v) is 0.916. The van der Waals surface area contributed by atoms with Gasteiger partial charge in [-0.1, -0.05) is 40.4 Å². The van der Waals surface area contributed by atoms with E-state index < -0.39 is 0 Å². The van der Waals surface area contributed by atoms with Crippen LogP contribution < -0.4 is 0 Å². The average Bonchev–Trinajstić information content (AvgIpc) is 2.38. The zero-order chi connectivity index (χ0) is 12.2. The molecule has 16 heavy (non-hydrogen) atoms. The molecular formula is C12H20O4. The number of aryl methyl sites for hydroxylation is 2. The molecule has 0 amide bonds. The van der Waals surface area contributed by atoms with Crippen LogP contribution in [0.5, 0.6) is 0 Å². The highest BCUT2D eigenvalue weighted by molar-refractivity contribution is 5.19. The van der Waals surface area contributed by atoms with Crippen LogP contribution in [-0.4, -0.2) is 25.4 Å². The summed E-state index contributed by atoms with van der Waals surface area (Å²) in [5.74, 6) is 0. The maximum Gasteiger partial charge on any atom is 0.0877 e. The van der Waals surface area contributed by atoms with E-state index in [4.69, 9.17) is 5.11 Å². The van der Waals surface area contributed by atoms with Crippen LogP contribution in [0.3, 0.4) is 0 Å². The van der Waals surface area contributed by atoms with E-state index in [1.165, 1.54) is 11.1 Å². The van der Waals surface area contributed by atoms with Gasteiger partial charge in [-0.2, -0.15) is 0 Å². The van der Waals surface area contributed by atoms with Crippen LogP contribution >= 0.6 is 0 Å². The van der Waals surface area contributed by atoms with Crippen LogP contribution in [0, 0.1) is 13.8 Å². The van der Waals surface area contributed by atoms with Crippen LogP contribution in [-0.2, 0) is 14.8 Å². The molecule has 0 aliphatic carbocycles. The number of rotatable bonds is 0. The molecule has 1 aliphatic rings. The Morgan fingerprint density at radius 3 is 1.44 bits per heavy atom. The van der Waals surface area contributed by atoms with Gasteiger partial charge in [0.25, 0.3) is 0 Å². The first-order chi connectivity index (χ1) is 7.79. The van der Waals surface area contributed by atoms with Gasteiger partial charge in [-0.15, -0.1) is 0 Å². The largest absolute Gasteiger partial charge is 0.400 e. The zero-order valence-corrected chi connectivity index (χ0v) is 10.1. The molecule has 1 saturated heterocycles. The summed E-state index contributed by atoms with van der Waals surface area (Å²) in [6, 6.07) is 8.48. The van der Waals surface area contributed by atoms with Crippen molar-refractivity contribution in [2.45, 2.75) is 20.3 Å². The molecular weight excluding hydrogens is 208 g/mol. The minimum Gasteiger partial charge on any atom is -0.400 e. The molecule has 0 saturated carbocycles. The highest BCUT2D eigenvalue weighted by Gasteiger charge is 1.96. The van der Waals surface area contributed by atoms with Crippen molar-refractivity contribution in [3.63, 3.8) is 0 Å². The van der Waals surface area contributed by atoms with Crippen molar-refractivity contribution < 1.29 is 19.9 Å². The Bertz CT molecular complexity index is 209. The van der Waals surface area contributed by atoms with Gasteiger partial charge in [-0.3, -0.25) is 0 Å². The van der Waals surface area contributed by atoms with Crippen LogP contribution in [0.25, 0.3) is 0 Å². The van der Waals surface area contributed by atoms with Gasteiger partial charge in [0, 0.05) is 13.5 Å². The number of aliphatic hydroxyl groups is 1. The lowest BCUT2D eigenvalue weighted by Crippen LogP contribution is -2.08. The molecule has 92 valence electrons. The highest BCUT2D eigenvalue weighted by Crippen LogP contribution is 1.99. The Morgan fingerprint density at radius 1 is 0.875 bits per heavy atom. The molecule has 0 atom stereocenters. The molecule has 4 nitrogen and oxygen atoms in total. The van der Waals surface area contributed by atoms with Crippen molar-refractivity contribution in [1.82, 2.24) is 0 Å². The van der Waals surface area contributed by atoms with Crippen molar-refractivity contribution in [2.24, 2.45) is 0 Å². The predicted molar refractivity (Wildman–Crippen MR) is 61.7 cm³/mol. The maximum absolute atomic E-state index is 7.00. The van der Waals surface area contributed by atoms with E-state index in [9.17, 15) is 0 Å². The number of benzene rings is 1. The summed E-state index contributed by atoms with van der Waals surface area (Å²) in [4.78, 5) is 8.69. The standard InChI is InChI=1S/C8H10.C3H6O3.CH4O/c1-7-3-5-8(2)6-4-7;1-2-4-6-5-3-1;1-2/h3-6H,1-2H3;1-3H2;2H,1H3. The van der Waals surface area contributed by atoms with E-state index in [-0.39, 0.29) is 0 Å². The van der Waals surface area contributed by atoms with Crippen molar-refractivity contribution in [3.8, 4) is 0 Å². The van der Waals surface area contributed by atoms with Gasteiger partial charge in [-0.25, -0.2) is 9.78 Å². The topological polar surface area (TPSA) is 47.9 Å². The Balaban J connectivity index is 0.000000251. The first-order valence-corrected chi connectivity index (χ1v) is 5.18. The van der Waals surface area contributed by atoms with Crippen molar-refractivity contribution in [2.75, 3.05) is 20.3 Å². The lowest BCUT2D eigenvalue weighted by atomic mass is 10.2. The molecule has 0 spiro atoms. The lowest BCUT2D eigenvalue weighted by molar-refractivity contribution is -0.532. The van der Waals surface area contributed by atoms with Crippen LogP contribution in [0.2, 0.25) is 0 Å². The first-order valence-electron chi connectivity index (χ1n) is 5.18. The molecule has 2 rings (SSSR count). The quantitative estimate of drug-likeness (QED) is 0.691. The summed E-state index contributed by atoms with van der Waals surface area (Å²) in [6.45, 7) is 5.50. The maximum atomic E-state index is 7.00. The van der Waals surface area contributed by atoms with E-state index >= 15 is 0 Å². The van der Waals surface area contributed by atoms with Crippen LogP contribution in [0.15, 0.2) is 24.3 Å². The van der Waals surface area contributed by atoms with E-state index in [2.05, 4.69) is 52.9 Å². The molecule has 0 unspecified atom stereocenters. The summed E-state index contributed by atoms with van der Waals surface area (Å²) < 4.78 is 0.